The van der Waals surface area contributed by atoms with Crippen LogP contribution in [-0.2, 0) is 6.54 Å². The lowest BCUT2D eigenvalue weighted by molar-refractivity contribution is 0.0921. The summed E-state index contributed by atoms with van der Waals surface area (Å²) in [5, 5.41) is 3.51. The fourth-order valence-electron chi connectivity index (χ4n) is 2.22. The molecule has 0 saturated heterocycles. The first-order valence-corrected chi connectivity index (χ1v) is 7.87. The van der Waals surface area contributed by atoms with E-state index in [4.69, 9.17) is 8.83 Å². The smallest absolute Gasteiger partial charge is 0.287 e. The molecule has 4 rings (SSSR count). The van der Waals surface area contributed by atoms with Crippen LogP contribution >= 0.6 is 11.3 Å². The molecule has 1 N–H and O–H groups in total. The van der Waals surface area contributed by atoms with Crippen molar-refractivity contribution in [1.82, 2.24) is 10.3 Å². The zero-order chi connectivity index (χ0) is 15.6. The summed E-state index contributed by atoms with van der Waals surface area (Å²) in [5.74, 6) is 1.25. The van der Waals surface area contributed by atoms with Gasteiger partial charge >= 0.3 is 0 Å². The molecule has 0 unspecified atom stereocenters. The highest BCUT2D eigenvalue weighted by Gasteiger charge is 2.15. The monoisotopic (exact) mass is 324 g/mol. The molecular weight excluding hydrogens is 312 g/mol. The summed E-state index contributed by atoms with van der Waals surface area (Å²) in [5.41, 5.74) is 0.924. The van der Waals surface area contributed by atoms with Gasteiger partial charge in [-0.05, 0) is 36.4 Å². The van der Waals surface area contributed by atoms with Crippen LogP contribution in [0.25, 0.3) is 21.0 Å². The zero-order valence-corrected chi connectivity index (χ0v) is 12.8. The number of carbonyl (C=O) groups excluding carboxylic acids is 1. The lowest BCUT2D eigenvalue weighted by Crippen LogP contribution is -2.21. The third-order valence-corrected chi connectivity index (χ3v) is 4.39. The van der Waals surface area contributed by atoms with E-state index >= 15 is 0 Å². The molecule has 4 aromatic rings. The lowest BCUT2D eigenvalue weighted by atomic mass is 10.3. The van der Waals surface area contributed by atoms with Gasteiger partial charge in [0.1, 0.15) is 5.76 Å². The maximum absolute atomic E-state index is 12.1. The highest BCUT2D eigenvalue weighted by atomic mass is 32.1. The number of aromatic nitrogens is 1. The molecule has 3 aromatic heterocycles. The topological polar surface area (TPSA) is 68.3 Å². The number of amides is 1. The number of rotatable bonds is 4. The van der Waals surface area contributed by atoms with Crippen LogP contribution in [0.4, 0.5) is 0 Å². The quantitative estimate of drug-likeness (QED) is 0.614. The molecule has 0 radical (unpaired) electrons. The summed E-state index contributed by atoms with van der Waals surface area (Å²) in [7, 11) is 0. The number of hydrogen-bond acceptors (Lipinski definition) is 5. The summed E-state index contributed by atoms with van der Waals surface area (Å²) < 4.78 is 11.9. The first kappa shape index (κ1) is 13.8. The van der Waals surface area contributed by atoms with E-state index < -0.39 is 0 Å². The van der Waals surface area contributed by atoms with Crippen LogP contribution in [0.15, 0.2) is 63.6 Å². The highest BCUT2D eigenvalue weighted by molar-refractivity contribution is 7.21. The molecule has 0 fully saturated rings. The summed E-state index contributed by atoms with van der Waals surface area (Å²) in [6.45, 7) is 0.322. The van der Waals surface area contributed by atoms with Crippen molar-refractivity contribution < 1.29 is 13.6 Å². The first-order valence-electron chi connectivity index (χ1n) is 7.06. The number of hydrogen-bond donors (Lipinski definition) is 1. The number of thiazole rings is 1. The SMILES string of the molecule is O=C(NCc1ccco1)c1ccc(-c2nc3ccccc3s2)o1. The first-order chi connectivity index (χ1) is 11.3. The third kappa shape index (κ3) is 2.76. The van der Waals surface area contributed by atoms with Crippen molar-refractivity contribution in [3.63, 3.8) is 0 Å². The molecular formula is C17H12N2O3S. The van der Waals surface area contributed by atoms with Gasteiger partial charge < -0.3 is 14.2 Å². The molecule has 0 saturated carbocycles. The number of para-hydroxylation sites is 1. The molecule has 23 heavy (non-hydrogen) atoms. The third-order valence-electron chi connectivity index (χ3n) is 3.34. The molecule has 1 amide bonds. The van der Waals surface area contributed by atoms with Crippen molar-refractivity contribution in [2.24, 2.45) is 0 Å². The van der Waals surface area contributed by atoms with Gasteiger partial charge in [0.05, 0.1) is 23.0 Å². The van der Waals surface area contributed by atoms with E-state index in [9.17, 15) is 4.79 Å². The van der Waals surface area contributed by atoms with Crippen molar-refractivity contribution in [2.45, 2.75) is 6.54 Å². The molecule has 0 aliphatic carbocycles. The maximum Gasteiger partial charge on any atom is 0.287 e. The second-order valence-corrected chi connectivity index (χ2v) is 5.94. The van der Waals surface area contributed by atoms with Crippen LogP contribution in [-0.4, -0.2) is 10.9 Å². The number of nitrogens with zero attached hydrogens (tertiary/aromatic N) is 1. The Labute approximate surface area is 135 Å². The highest BCUT2D eigenvalue weighted by Crippen LogP contribution is 2.31. The number of carbonyl (C=O) groups is 1. The van der Waals surface area contributed by atoms with Crippen LogP contribution in [0.3, 0.4) is 0 Å². The molecule has 0 bridgehead atoms. The van der Waals surface area contributed by atoms with E-state index in [1.165, 1.54) is 11.3 Å². The molecule has 0 atom stereocenters. The van der Waals surface area contributed by atoms with Gasteiger partial charge in [-0.15, -0.1) is 11.3 Å². The summed E-state index contributed by atoms with van der Waals surface area (Å²) in [6, 6.07) is 14.9. The van der Waals surface area contributed by atoms with Crippen molar-refractivity contribution in [2.75, 3.05) is 0 Å². The minimum Gasteiger partial charge on any atom is -0.467 e. The largest absolute Gasteiger partial charge is 0.467 e. The Morgan fingerprint density at radius 2 is 2.04 bits per heavy atom. The molecule has 1 aromatic carbocycles. The minimum atomic E-state index is -0.284. The van der Waals surface area contributed by atoms with Crippen molar-refractivity contribution in [3.8, 4) is 10.8 Å². The van der Waals surface area contributed by atoms with E-state index in [0.717, 1.165) is 15.2 Å². The molecule has 114 valence electrons. The van der Waals surface area contributed by atoms with Crippen LogP contribution in [0.5, 0.6) is 0 Å². The minimum absolute atomic E-state index is 0.255. The van der Waals surface area contributed by atoms with Gasteiger partial charge in [0, 0.05) is 0 Å². The van der Waals surface area contributed by atoms with Gasteiger partial charge in [0.25, 0.3) is 5.91 Å². The Bertz CT molecular complexity index is 920. The fraction of sp³-hybridized carbons (Fsp3) is 0.0588. The molecule has 0 spiro atoms. The van der Waals surface area contributed by atoms with Crippen LogP contribution in [0.1, 0.15) is 16.3 Å². The molecule has 6 heteroatoms. The summed E-state index contributed by atoms with van der Waals surface area (Å²) in [4.78, 5) is 16.6. The van der Waals surface area contributed by atoms with E-state index in [0.29, 0.717) is 18.1 Å². The van der Waals surface area contributed by atoms with Crippen molar-refractivity contribution in [1.29, 1.82) is 0 Å². The lowest BCUT2D eigenvalue weighted by Gasteiger charge is -1.99. The van der Waals surface area contributed by atoms with Gasteiger partial charge in [-0.3, -0.25) is 4.79 Å². The Morgan fingerprint density at radius 3 is 2.87 bits per heavy atom. The predicted molar refractivity (Wildman–Crippen MR) is 87.2 cm³/mol. The van der Waals surface area contributed by atoms with Gasteiger partial charge in [-0.1, -0.05) is 12.1 Å². The van der Waals surface area contributed by atoms with Crippen LogP contribution < -0.4 is 5.32 Å². The number of nitrogens with one attached hydrogen (secondary N) is 1. The zero-order valence-electron chi connectivity index (χ0n) is 12.0. The summed E-state index contributed by atoms with van der Waals surface area (Å²) in [6.07, 6.45) is 1.57. The Kier molecular flexibility index (Phi) is 3.44. The standard InChI is InChI=1S/C17H12N2O3S/c20-16(18-10-11-4-3-9-21-11)13-7-8-14(22-13)17-19-12-5-1-2-6-15(12)23-17/h1-9H,10H2,(H,18,20). The molecule has 5 nitrogen and oxygen atoms in total. The van der Waals surface area contributed by atoms with E-state index in [1.807, 2.05) is 24.3 Å². The van der Waals surface area contributed by atoms with E-state index in [1.54, 1.807) is 30.5 Å². The Balaban J connectivity index is 1.52. The van der Waals surface area contributed by atoms with Gasteiger partial charge in [0.2, 0.25) is 0 Å². The molecule has 3 heterocycles. The number of fused-ring (bicyclic) bond motifs is 1. The normalized spacial score (nSPS) is 11.0. The van der Waals surface area contributed by atoms with Crippen molar-refractivity contribution >= 4 is 27.5 Å². The molecule has 0 aliphatic heterocycles. The second kappa shape index (κ2) is 5.73. The van der Waals surface area contributed by atoms with Gasteiger partial charge in [-0.2, -0.15) is 0 Å². The Hall–Kier alpha value is -2.86. The predicted octanol–water partition coefficient (Wildman–Crippen LogP) is 4.08. The van der Waals surface area contributed by atoms with Crippen LogP contribution in [0, 0.1) is 0 Å². The average molecular weight is 324 g/mol. The molecule has 0 aliphatic rings. The Morgan fingerprint density at radius 1 is 1.13 bits per heavy atom. The average Bonchev–Trinajstić information content (AvgIpc) is 3.31. The van der Waals surface area contributed by atoms with Gasteiger partial charge in [-0.25, -0.2) is 4.98 Å². The maximum atomic E-state index is 12.1. The fourth-order valence-corrected chi connectivity index (χ4v) is 3.15. The van der Waals surface area contributed by atoms with Crippen molar-refractivity contribution in [3.05, 3.63) is 66.3 Å². The number of furan rings is 2. The van der Waals surface area contributed by atoms with E-state index in [-0.39, 0.29) is 11.7 Å². The van der Waals surface area contributed by atoms with E-state index in [2.05, 4.69) is 10.3 Å². The summed E-state index contributed by atoms with van der Waals surface area (Å²) >= 11 is 1.54. The second-order valence-electron chi connectivity index (χ2n) is 4.91. The van der Waals surface area contributed by atoms with Gasteiger partial charge in [0.15, 0.2) is 16.5 Å². The van der Waals surface area contributed by atoms with Crippen LogP contribution in [0.2, 0.25) is 0 Å². The number of benzene rings is 1.